The van der Waals surface area contributed by atoms with E-state index < -0.39 is 0 Å². The normalized spacial score (nSPS) is 10.7. The third kappa shape index (κ3) is 3.17. The summed E-state index contributed by atoms with van der Waals surface area (Å²) < 4.78 is 0. The maximum Gasteiger partial charge on any atom is 0.251 e. The van der Waals surface area contributed by atoms with Crippen LogP contribution < -0.4 is 10.2 Å². The van der Waals surface area contributed by atoms with Crippen LogP contribution in [0.2, 0.25) is 0 Å². The molecule has 6 heteroatoms. The molecule has 4 aromatic rings. The van der Waals surface area contributed by atoms with Crippen LogP contribution >= 0.6 is 0 Å². The molecule has 0 radical (unpaired) electrons. The molecule has 0 aliphatic carbocycles. The van der Waals surface area contributed by atoms with E-state index in [4.69, 9.17) is 0 Å². The Kier molecular flexibility index (Phi) is 4.38. The Bertz CT molecular complexity index is 1010. The lowest BCUT2D eigenvalue weighted by Gasteiger charge is -2.20. The highest BCUT2D eigenvalue weighted by molar-refractivity contribution is 5.91. The van der Waals surface area contributed by atoms with Gasteiger partial charge in [0, 0.05) is 23.8 Å². The molecule has 4 rings (SSSR count). The van der Waals surface area contributed by atoms with Crippen LogP contribution in [0.15, 0.2) is 73.1 Å². The smallest absolute Gasteiger partial charge is 0.251 e. The van der Waals surface area contributed by atoms with Crippen molar-refractivity contribution in [3.63, 3.8) is 0 Å². The number of anilines is 4. The third-order valence-electron chi connectivity index (χ3n) is 4.07. The summed E-state index contributed by atoms with van der Waals surface area (Å²) in [5.74, 6) is 1.18. The van der Waals surface area contributed by atoms with Crippen molar-refractivity contribution in [3.8, 4) is 0 Å². The highest BCUT2D eigenvalue weighted by atomic mass is 15.3. The van der Waals surface area contributed by atoms with Gasteiger partial charge < -0.3 is 10.2 Å². The number of hydrogen-bond acceptors (Lipinski definition) is 6. The predicted molar refractivity (Wildman–Crippen MR) is 104 cm³/mol. The second-order valence-electron chi connectivity index (χ2n) is 5.73. The molecule has 6 nitrogen and oxygen atoms in total. The fourth-order valence-electron chi connectivity index (χ4n) is 2.86. The fraction of sp³-hybridized carbons (Fsp3) is 0.100. The maximum absolute atomic E-state index is 4.64. The maximum atomic E-state index is 4.64. The van der Waals surface area contributed by atoms with Gasteiger partial charge in [0.25, 0.3) is 5.95 Å². The molecule has 0 aliphatic heterocycles. The van der Waals surface area contributed by atoms with Crippen molar-refractivity contribution >= 4 is 34.0 Å². The first kappa shape index (κ1) is 16.0. The molecule has 0 bridgehead atoms. The van der Waals surface area contributed by atoms with Crippen molar-refractivity contribution in [1.82, 2.24) is 20.2 Å². The van der Waals surface area contributed by atoms with E-state index in [9.17, 15) is 0 Å². The van der Waals surface area contributed by atoms with Gasteiger partial charge in [0.2, 0.25) is 0 Å². The first-order valence-electron chi connectivity index (χ1n) is 8.48. The third-order valence-corrected chi connectivity index (χ3v) is 4.07. The lowest BCUT2D eigenvalue weighted by atomic mass is 10.2. The summed E-state index contributed by atoms with van der Waals surface area (Å²) in [5, 5.41) is 12.7. The number of hydrogen-bond donors (Lipinski definition) is 1. The van der Waals surface area contributed by atoms with Crippen LogP contribution in [-0.2, 0) is 0 Å². The summed E-state index contributed by atoms with van der Waals surface area (Å²) in [4.78, 5) is 11.1. The highest BCUT2D eigenvalue weighted by Crippen LogP contribution is 2.25. The van der Waals surface area contributed by atoms with Crippen LogP contribution in [0.3, 0.4) is 0 Å². The number of aromatic nitrogens is 4. The van der Waals surface area contributed by atoms with Crippen molar-refractivity contribution in [2.45, 2.75) is 6.92 Å². The molecular formula is C20H18N6. The Morgan fingerprint density at radius 1 is 0.962 bits per heavy atom. The topological polar surface area (TPSA) is 66.8 Å². The van der Waals surface area contributed by atoms with Crippen LogP contribution in [-0.4, -0.2) is 26.7 Å². The molecule has 0 fully saturated rings. The van der Waals surface area contributed by atoms with Gasteiger partial charge in [-0.3, -0.25) is 4.98 Å². The molecule has 2 aromatic carbocycles. The number of para-hydroxylation sites is 2. The summed E-state index contributed by atoms with van der Waals surface area (Å²) in [6.45, 7) is 2.80. The van der Waals surface area contributed by atoms with Crippen molar-refractivity contribution in [1.29, 1.82) is 0 Å². The number of rotatable bonds is 5. The Morgan fingerprint density at radius 3 is 2.65 bits per heavy atom. The number of pyridine rings is 1. The van der Waals surface area contributed by atoms with Gasteiger partial charge in [0.15, 0.2) is 5.82 Å². The van der Waals surface area contributed by atoms with Crippen LogP contribution in [0.5, 0.6) is 0 Å². The fourth-order valence-corrected chi connectivity index (χ4v) is 2.86. The minimum absolute atomic E-state index is 0.553. The van der Waals surface area contributed by atoms with Gasteiger partial charge in [-0.25, -0.2) is 0 Å². The van der Waals surface area contributed by atoms with E-state index >= 15 is 0 Å². The van der Waals surface area contributed by atoms with E-state index in [1.54, 1.807) is 12.4 Å². The van der Waals surface area contributed by atoms with Gasteiger partial charge >= 0.3 is 0 Å². The van der Waals surface area contributed by atoms with E-state index in [0.717, 1.165) is 28.8 Å². The second kappa shape index (κ2) is 7.14. The number of fused-ring (bicyclic) bond motifs is 1. The van der Waals surface area contributed by atoms with Gasteiger partial charge in [-0.15, -0.1) is 5.10 Å². The minimum atomic E-state index is 0.553. The molecule has 0 saturated carbocycles. The average molecular weight is 342 g/mol. The zero-order valence-corrected chi connectivity index (χ0v) is 14.4. The van der Waals surface area contributed by atoms with E-state index in [1.807, 2.05) is 65.6 Å². The van der Waals surface area contributed by atoms with Crippen molar-refractivity contribution in [2.75, 3.05) is 16.8 Å². The minimum Gasteiger partial charge on any atom is -0.337 e. The predicted octanol–water partition coefficient (Wildman–Crippen LogP) is 4.32. The average Bonchev–Trinajstić information content (AvgIpc) is 2.70. The van der Waals surface area contributed by atoms with Gasteiger partial charge in [-0.05, 0) is 31.2 Å². The number of benzene rings is 2. The first-order valence-corrected chi connectivity index (χ1v) is 8.48. The monoisotopic (exact) mass is 342 g/mol. The Labute approximate surface area is 151 Å². The first-order chi connectivity index (χ1) is 12.8. The van der Waals surface area contributed by atoms with Crippen LogP contribution in [0.1, 0.15) is 6.92 Å². The molecule has 128 valence electrons. The van der Waals surface area contributed by atoms with Gasteiger partial charge in [-0.2, -0.15) is 10.1 Å². The molecule has 2 aromatic heterocycles. The molecule has 2 heterocycles. The van der Waals surface area contributed by atoms with E-state index in [-0.39, 0.29) is 0 Å². The van der Waals surface area contributed by atoms with Crippen LogP contribution in [0, 0.1) is 0 Å². The van der Waals surface area contributed by atoms with E-state index in [1.165, 1.54) is 0 Å². The standard InChI is InChI=1S/C20H18N6/c1-2-26(16-10-4-3-5-11-16)20-24-18(14-22-25-20)23-17-12-6-8-15-9-7-13-21-19(15)17/h3-14H,2H2,1H3,(H,23,24,25). The Morgan fingerprint density at radius 2 is 1.81 bits per heavy atom. The molecule has 0 amide bonds. The highest BCUT2D eigenvalue weighted by Gasteiger charge is 2.12. The summed E-state index contributed by atoms with van der Waals surface area (Å²) in [5.41, 5.74) is 2.81. The quantitative estimate of drug-likeness (QED) is 0.582. The van der Waals surface area contributed by atoms with Gasteiger partial charge in [0.1, 0.15) is 0 Å². The van der Waals surface area contributed by atoms with Crippen molar-refractivity contribution in [2.24, 2.45) is 0 Å². The lowest BCUT2D eigenvalue weighted by molar-refractivity contribution is 0.887. The molecule has 1 N–H and O–H groups in total. The largest absolute Gasteiger partial charge is 0.337 e. The van der Waals surface area contributed by atoms with Crippen LogP contribution in [0.4, 0.5) is 23.1 Å². The SMILES string of the molecule is CCN(c1ccccc1)c1nncc(Nc2cccc3cccnc23)n1. The van der Waals surface area contributed by atoms with Gasteiger partial charge in [0.05, 0.1) is 17.4 Å². The van der Waals surface area contributed by atoms with Crippen molar-refractivity contribution < 1.29 is 0 Å². The van der Waals surface area contributed by atoms with Crippen LogP contribution in [0.25, 0.3) is 10.9 Å². The molecule has 0 saturated heterocycles. The lowest BCUT2D eigenvalue weighted by Crippen LogP contribution is -2.19. The number of nitrogens with one attached hydrogen (secondary N) is 1. The molecule has 0 unspecified atom stereocenters. The summed E-state index contributed by atoms with van der Waals surface area (Å²) in [6, 6.07) is 20.0. The molecule has 0 atom stereocenters. The Hall–Kier alpha value is -3.54. The summed E-state index contributed by atoms with van der Waals surface area (Å²) in [6.07, 6.45) is 3.40. The van der Waals surface area contributed by atoms with Crippen molar-refractivity contribution in [3.05, 3.63) is 73.1 Å². The van der Waals surface area contributed by atoms with Gasteiger partial charge in [-0.1, -0.05) is 36.4 Å². The number of nitrogens with zero attached hydrogens (tertiary/aromatic N) is 5. The molecule has 0 spiro atoms. The zero-order valence-electron chi connectivity index (χ0n) is 14.4. The molecular weight excluding hydrogens is 324 g/mol. The summed E-state index contributed by atoms with van der Waals surface area (Å²) >= 11 is 0. The molecule has 0 aliphatic rings. The van der Waals surface area contributed by atoms with E-state index in [2.05, 4.69) is 32.4 Å². The van der Waals surface area contributed by atoms with E-state index in [0.29, 0.717) is 11.8 Å². The Balaban J connectivity index is 1.67. The summed E-state index contributed by atoms with van der Waals surface area (Å²) in [7, 11) is 0. The zero-order chi connectivity index (χ0) is 17.8. The second-order valence-corrected chi connectivity index (χ2v) is 5.73. The molecule has 26 heavy (non-hydrogen) atoms.